The Kier molecular flexibility index (Phi) is 5.55. The lowest BCUT2D eigenvalue weighted by Crippen LogP contribution is -2.17. The Hall–Kier alpha value is -1.84. The van der Waals surface area contributed by atoms with Gasteiger partial charge in [-0.3, -0.25) is 9.59 Å². The Bertz CT molecular complexity index is 465. The second-order valence-corrected chi connectivity index (χ2v) is 4.61. The lowest BCUT2D eigenvalue weighted by Gasteiger charge is -2.13. The Morgan fingerprint density at radius 2 is 2.05 bits per heavy atom. The molecule has 4 heteroatoms. The molecule has 0 aliphatic carbocycles. The van der Waals surface area contributed by atoms with Gasteiger partial charge >= 0.3 is 0 Å². The fourth-order valence-corrected chi connectivity index (χ4v) is 1.83. The van der Waals surface area contributed by atoms with E-state index in [2.05, 4.69) is 0 Å². The van der Waals surface area contributed by atoms with E-state index in [0.717, 1.165) is 0 Å². The number of methoxy groups -OCH3 is 1. The Labute approximate surface area is 113 Å². The molecule has 1 aromatic rings. The average Bonchev–Trinajstić information content (AvgIpc) is 2.40. The quantitative estimate of drug-likeness (QED) is 0.769. The van der Waals surface area contributed by atoms with Gasteiger partial charge in [-0.25, -0.2) is 0 Å². The molecule has 0 fully saturated rings. The predicted octanol–water partition coefficient (Wildman–Crippen LogP) is 2.52. The summed E-state index contributed by atoms with van der Waals surface area (Å²) in [6.07, 6.45) is 0.754. The van der Waals surface area contributed by atoms with Crippen molar-refractivity contribution in [1.29, 1.82) is 0 Å². The van der Waals surface area contributed by atoms with Crippen molar-refractivity contribution in [3.63, 3.8) is 0 Å². The highest BCUT2D eigenvalue weighted by molar-refractivity contribution is 5.99. The number of rotatable bonds is 7. The van der Waals surface area contributed by atoms with E-state index in [1.807, 2.05) is 0 Å². The number of carbonyl (C=O) groups is 2. The second kappa shape index (κ2) is 6.92. The maximum atomic E-state index is 11.8. The predicted molar refractivity (Wildman–Crippen MR) is 72.4 cm³/mol. The molecule has 0 heterocycles. The molecule has 0 aliphatic rings. The number of ether oxygens (including phenoxy) is 1. The number of para-hydroxylation sites is 1. The highest BCUT2D eigenvalue weighted by Gasteiger charge is 2.18. The van der Waals surface area contributed by atoms with Crippen LogP contribution in [0.15, 0.2) is 18.2 Å². The van der Waals surface area contributed by atoms with Crippen molar-refractivity contribution in [2.24, 2.45) is 5.92 Å². The maximum Gasteiger partial charge on any atom is 0.160 e. The van der Waals surface area contributed by atoms with Crippen molar-refractivity contribution in [3.05, 3.63) is 23.8 Å². The number of phenols is 1. The summed E-state index contributed by atoms with van der Waals surface area (Å²) in [5.74, 6) is 0.0162. The molecule has 0 saturated heterocycles. The number of ketones is 2. The number of hydrogen-bond donors (Lipinski definition) is 1. The van der Waals surface area contributed by atoms with Crippen molar-refractivity contribution in [2.45, 2.75) is 33.1 Å². The zero-order valence-electron chi connectivity index (χ0n) is 11.6. The first-order valence-electron chi connectivity index (χ1n) is 6.38. The van der Waals surface area contributed by atoms with Crippen LogP contribution in [0, 0.1) is 5.92 Å². The molecule has 1 aromatic carbocycles. The van der Waals surface area contributed by atoms with Crippen LogP contribution < -0.4 is 4.74 Å². The van der Waals surface area contributed by atoms with E-state index in [0.29, 0.717) is 24.2 Å². The molecule has 0 radical (unpaired) electrons. The molecule has 0 saturated carbocycles. The first-order valence-corrected chi connectivity index (χ1v) is 6.38. The van der Waals surface area contributed by atoms with Crippen LogP contribution in [-0.2, 0) is 16.0 Å². The number of hydrogen-bond acceptors (Lipinski definition) is 4. The summed E-state index contributed by atoms with van der Waals surface area (Å²) < 4.78 is 5.02. The van der Waals surface area contributed by atoms with Gasteiger partial charge < -0.3 is 9.84 Å². The zero-order chi connectivity index (χ0) is 14.4. The molecular formula is C15H20O4. The van der Waals surface area contributed by atoms with Crippen molar-refractivity contribution < 1.29 is 19.4 Å². The molecular weight excluding hydrogens is 244 g/mol. The summed E-state index contributed by atoms with van der Waals surface area (Å²) in [7, 11) is 1.48. The third-order valence-corrected chi connectivity index (χ3v) is 3.14. The van der Waals surface area contributed by atoms with Crippen LogP contribution in [0.2, 0.25) is 0 Å². The molecule has 1 unspecified atom stereocenters. The van der Waals surface area contributed by atoms with Crippen LogP contribution in [0.5, 0.6) is 11.5 Å². The molecule has 0 aliphatic heterocycles. The molecule has 0 spiro atoms. The summed E-state index contributed by atoms with van der Waals surface area (Å²) in [5.41, 5.74) is 0.657. The molecule has 1 N–H and O–H groups in total. The highest BCUT2D eigenvalue weighted by Crippen LogP contribution is 2.31. The van der Waals surface area contributed by atoms with Crippen molar-refractivity contribution >= 4 is 11.6 Å². The van der Waals surface area contributed by atoms with Gasteiger partial charge in [-0.1, -0.05) is 26.0 Å². The maximum absolute atomic E-state index is 11.8. The SMILES string of the molecule is CCC(=O)CC(=O)C(C)Cc1cccc(OC)c1O. The fraction of sp³-hybridized carbons (Fsp3) is 0.467. The molecule has 4 nitrogen and oxygen atoms in total. The normalized spacial score (nSPS) is 11.9. The zero-order valence-corrected chi connectivity index (χ0v) is 11.6. The molecule has 1 rings (SSSR count). The first-order chi connectivity index (χ1) is 8.99. The van der Waals surface area contributed by atoms with Gasteiger partial charge in [0.05, 0.1) is 13.5 Å². The van der Waals surface area contributed by atoms with Gasteiger partial charge in [-0.2, -0.15) is 0 Å². The summed E-state index contributed by atoms with van der Waals surface area (Å²) in [5, 5.41) is 9.94. The second-order valence-electron chi connectivity index (χ2n) is 4.61. The van der Waals surface area contributed by atoms with Crippen LogP contribution in [0.3, 0.4) is 0 Å². The van der Waals surface area contributed by atoms with Crippen LogP contribution in [0.4, 0.5) is 0 Å². The fourth-order valence-electron chi connectivity index (χ4n) is 1.83. The van der Waals surface area contributed by atoms with E-state index >= 15 is 0 Å². The Balaban J connectivity index is 2.74. The van der Waals surface area contributed by atoms with Crippen LogP contribution >= 0.6 is 0 Å². The Morgan fingerprint density at radius 3 is 2.63 bits per heavy atom. The largest absolute Gasteiger partial charge is 0.504 e. The molecule has 0 bridgehead atoms. The first kappa shape index (κ1) is 15.2. The molecule has 104 valence electrons. The van der Waals surface area contributed by atoms with Gasteiger partial charge in [0.25, 0.3) is 0 Å². The van der Waals surface area contributed by atoms with E-state index < -0.39 is 0 Å². The van der Waals surface area contributed by atoms with E-state index in [1.165, 1.54) is 7.11 Å². The third kappa shape index (κ3) is 4.09. The number of carbonyl (C=O) groups excluding carboxylic acids is 2. The third-order valence-electron chi connectivity index (χ3n) is 3.14. The van der Waals surface area contributed by atoms with Crippen LogP contribution in [0.25, 0.3) is 0 Å². The summed E-state index contributed by atoms with van der Waals surface area (Å²) in [6, 6.07) is 5.18. The molecule has 0 amide bonds. The topological polar surface area (TPSA) is 63.6 Å². The molecule has 19 heavy (non-hydrogen) atoms. The van der Waals surface area contributed by atoms with Gasteiger partial charge in [0.2, 0.25) is 0 Å². The van der Waals surface area contributed by atoms with Crippen molar-refractivity contribution in [2.75, 3.05) is 7.11 Å². The van der Waals surface area contributed by atoms with Gasteiger partial charge in [0.15, 0.2) is 11.5 Å². The number of aromatic hydroxyl groups is 1. The minimum Gasteiger partial charge on any atom is -0.504 e. The average molecular weight is 264 g/mol. The minimum absolute atomic E-state index is 0.0254. The van der Waals surface area contributed by atoms with Gasteiger partial charge in [-0.05, 0) is 18.1 Å². The van der Waals surface area contributed by atoms with Crippen molar-refractivity contribution in [3.8, 4) is 11.5 Å². The van der Waals surface area contributed by atoms with Gasteiger partial charge in [0.1, 0.15) is 11.6 Å². The lowest BCUT2D eigenvalue weighted by atomic mass is 9.93. The molecule has 0 aromatic heterocycles. The Morgan fingerprint density at radius 1 is 1.37 bits per heavy atom. The van der Waals surface area contributed by atoms with Gasteiger partial charge in [-0.15, -0.1) is 0 Å². The van der Waals surface area contributed by atoms with Crippen LogP contribution in [0.1, 0.15) is 32.3 Å². The smallest absolute Gasteiger partial charge is 0.160 e. The van der Waals surface area contributed by atoms with E-state index in [-0.39, 0.29) is 29.7 Å². The van der Waals surface area contributed by atoms with Crippen molar-refractivity contribution in [1.82, 2.24) is 0 Å². The highest BCUT2D eigenvalue weighted by atomic mass is 16.5. The van der Waals surface area contributed by atoms with E-state index in [1.54, 1.807) is 32.0 Å². The number of phenolic OH excluding ortho intramolecular Hbond substituents is 1. The standard InChI is InChI=1S/C15H20O4/c1-4-12(16)9-13(17)10(2)8-11-6-5-7-14(19-3)15(11)18/h5-7,10,18H,4,8-9H2,1-3H3. The minimum atomic E-state index is -0.298. The summed E-state index contributed by atoms with van der Waals surface area (Å²) in [4.78, 5) is 23.1. The monoisotopic (exact) mass is 264 g/mol. The van der Waals surface area contributed by atoms with Gasteiger partial charge in [0, 0.05) is 12.3 Å². The van der Waals surface area contributed by atoms with E-state index in [4.69, 9.17) is 4.74 Å². The number of Topliss-reactive ketones (excluding diaryl/α,β-unsaturated/α-hetero) is 2. The van der Waals surface area contributed by atoms with Crippen LogP contribution in [-0.4, -0.2) is 23.8 Å². The lowest BCUT2D eigenvalue weighted by molar-refractivity contribution is -0.128. The summed E-state index contributed by atoms with van der Waals surface area (Å²) in [6.45, 7) is 3.51. The van der Waals surface area contributed by atoms with E-state index in [9.17, 15) is 14.7 Å². The molecule has 1 atom stereocenters. The number of benzene rings is 1. The summed E-state index contributed by atoms with van der Waals surface area (Å²) >= 11 is 0.